The molecule has 0 aromatic heterocycles. The van der Waals surface area contributed by atoms with Crippen molar-refractivity contribution in [2.45, 2.75) is 25.3 Å². The number of hydrogen-bond acceptors (Lipinski definition) is 3. The summed E-state index contributed by atoms with van der Waals surface area (Å²) in [5.41, 5.74) is 0.928. The monoisotopic (exact) mass is 388 g/mol. The van der Waals surface area contributed by atoms with E-state index in [1.54, 1.807) is 36.4 Å². The van der Waals surface area contributed by atoms with Crippen LogP contribution in [0.1, 0.15) is 40.0 Å². The Balaban J connectivity index is 1.74. The Labute approximate surface area is 162 Å². The van der Waals surface area contributed by atoms with Gasteiger partial charge in [0.2, 0.25) is 0 Å². The highest BCUT2D eigenvalue weighted by Crippen LogP contribution is 2.10. The van der Waals surface area contributed by atoms with Gasteiger partial charge in [0.25, 0.3) is 11.8 Å². The molecule has 0 aliphatic carbocycles. The summed E-state index contributed by atoms with van der Waals surface area (Å²) in [4.78, 5) is 35.4. The fourth-order valence-corrected chi connectivity index (χ4v) is 2.59. The van der Waals surface area contributed by atoms with Crippen LogP contribution < -0.4 is 10.6 Å². The van der Waals surface area contributed by atoms with Gasteiger partial charge >= 0.3 is 5.97 Å². The van der Waals surface area contributed by atoms with Crippen molar-refractivity contribution in [3.8, 4) is 0 Å². The molecule has 3 N–H and O–H groups in total. The van der Waals surface area contributed by atoms with Crippen molar-refractivity contribution in [2.24, 2.45) is 0 Å². The van der Waals surface area contributed by atoms with Crippen molar-refractivity contribution in [1.82, 2.24) is 10.6 Å². The fourth-order valence-electron chi connectivity index (χ4n) is 2.47. The molecule has 0 fully saturated rings. The van der Waals surface area contributed by atoms with E-state index in [-0.39, 0.29) is 12.3 Å². The molecule has 27 heavy (non-hydrogen) atoms. The van der Waals surface area contributed by atoms with Crippen molar-refractivity contribution in [2.75, 3.05) is 6.54 Å². The minimum absolute atomic E-state index is 0.165. The summed E-state index contributed by atoms with van der Waals surface area (Å²) in [5.74, 6) is -1.72. The van der Waals surface area contributed by atoms with E-state index in [4.69, 9.17) is 11.6 Å². The predicted octanol–water partition coefficient (Wildman–Crippen LogP) is 3.12. The Morgan fingerprint density at radius 1 is 0.889 bits per heavy atom. The Morgan fingerprint density at radius 2 is 1.52 bits per heavy atom. The molecule has 142 valence electrons. The number of carboxylic acid groups (broad SMARTS) is 1. The van der Waals surface area contributed by atoms with Crippen LogP contribution in [0.25, 0.3) is 0 Å². The number of aliphatic carboxylic acids is 1. The molecular weight excluding hydrogens is 368 g/mol. The van der Waals surface area contributed by atoms with Gasteiger partial charge in [-0.3, -0.25) is 9.59 Å². The highest BCUT2D eigenvalue weighted by atomic mass is 35.5. The molecule has 0 heterocycles. The van der Waals surface area contributed by atoms with Crippen molar-refractivity contribution >= 4 is 29.4 Å². The summed E-state index contributed by atoms with van der Waals surface area (Å²) in [6.45, 7) is 0.436. The number of amides is 2. The summed E-state index contributed by atoms with van der Waals surface area (Å²) in [6, 6.07) is 14.1. The lowest BCUT2D eigenvalue weighted by atomic mass is 10.1. The molecule has 0 aliphatic heterocycles. The number of nitrogens with one attached hydrogen (secondary N) is 2. The fraction of sp³-hybridized carbons (Fsp3) is 0.250. The van der Waals surface area contributed by atoms with E-state index in [0.717, 1.165) is 0 Å². The first-order valence-corrected chi connectivity index (χ1v) is 8.97. The molecule has 2 amide bonds. The van der Waals surface area contributed by atoms with Gasteiger partial charge in [0.05, 0.1) is 0 Å². The number of hydrogen-bond donors (Lipinski definition) is 3. The van der Waals surface area contributed by atoms with E-state index in [1.807, 2.05) is 6.07 Å². The zero-order valence-corrected chi connectivity index (χ0v) is 15.4. The number of carbonyl (C=O) groups excluding carboxylic acids is 2. The van der Waals surface area contributed by atoms with Gasteiger partial charge in [0, 0.05) is 22.7 Å². The van der Waals surface area contributed by atoms with Crippen molar-refractivity contribution in [3.05, 3.63) is 70.7 Å². The van der Waals surface area contributed by atoms with E-state index in [2.05, 4.69) is 10.6 Å². The van der Waals surface area contributed by atoms with Crippen LogP contribution in [0.4, 0.5) is 0 Å². The third-order valence-electron chi connectivity index (χ3n) is 3.95. The number of unbranched alkanes of at least 4 members (excludes halogenated alkanes) is 1. The van der Waals surface area contributed by atoms with Crippen LogP contribution in [0.5, 0.6) is 0 Å². The zero-order valence-electron chi connectivity index (χ0n) is 14.7. The molecule has 1 atom stereocenters. The highest BCUT2D eigenvalue weighted by molar-refractivity contribution is 6.30. The van der Waals surface area contributed by atoms with Crippen LogP contribution >= 0.6 is 11.6 Å². The Hall–Kier alpha value is -2.86. The normalized spacial score (nSPS) is 11.4. The lowest BCUT2D eigenvalue weighted by Crippen LogP contribution is -2.40. The van der Waals surface area contributed by atoms with E-state index in [1.165, 1.54) is 12.1 Å². The summed E-state index contributed by atoms with van der Waals surface area (Å²) in [5, 5.41) is 15.1. The molecule has 0 saturated heterocycles. The van der Waals surface area contributed by atoms with Crippen LogP contribution in [-0.2, 0) is 4.79 Å². The smallest absolute Gasteiger partial charge is 0.326 e. The van der Waals surface area contributed by atoms with Gasteiger partial charge in [0.1, 0.15) is 6.04 Å². The average Bonchev–Trinajstić information content (AvgIpc) is 2.67. The molecule has 0 spiro atoms. The van der Waals surface area contributed by atoms with Crippen molar-refractivity contribution < 1.29 is 19.5 Å². The second kappa shape index (κ2) is 10.3. The molecule has 0 aliphatic rings. The molecule has 0 bridgehead atoms. The van der Waals surface area contributed by atoms with Crippen LogP contribution in [0, 0.1) is 0 Å². The first-order valence-electron chi connectivity index (χ1n) is 8.60. The standard InChI is InChI=1S/C20H21ClN2O4/c21-16-11-9-15(10-12-16)19(25)23-17(20(26)27)8-4-5-13-22-18(24)14-6-2-1-3-7-14/h1-3,6-7,9-12,17H,4-5,8,13H2,(H,22,24)(H,23,25)(H,26,27)/t17-/m0/s1. The first kappa shape index (κ1) is 20.5. The molecule has 0 radical (unpaired) electrons. The molecule has 7 heteroatoms. The van der Waals surface area contributed by atoms with Gasteiger partial charge in [0.15, 0.2) is 0 Å². The molecule has 2 aromatic carbocycles. The number of halogens is 1. The Kier molecular flexibility index (Phi) is 7.82. The zero-order chi connectivity index (χ0) is 19.6. The first-order chi connectivity index (χ1) is 13.0. The SMILES string of the molecule is O=C(NCCCC[C@H](NC(=O)c1ccc(Cl)cc1)C(=O)O)c1ccccc1. The second-order valence-corrected chi connectivity index (χ2v) is 6.43. The predicted molar refractivity (Wildman–Crippen MR) is 103 cm³/mol. The maximum Gasteiger partial charge on any atom is 0.326 e. The third-order valence-corrected chi connectivity index (χ3v) is 4.20. The van der Waals surface area contributed by atoms with Gasteiger partial charge in [-0.15, -0.1) is 0 Å². The van der Waals surface area contributed by atoms with Gasteiger partial charge < -0.3 is 15.7 Å². The van der Waals surface area contributed by atoms with Crippen LogP contribution in [0.15, 0.2) is 54.6 Å². The van der Waals surface area contributed by atoms with Gasteiger partial charge in [-0.1, -0.05) is 29.8 Å². The highest BCUT2D eigenvalue weighted by Gasteiger charge is 2.20. The summed E-state index contributed by atoms with van der Waals surface area (Å²) in [7, 11) is 0. The molecule has 2 rings (SSSR count). The quantitative estimate of drug-likeness (QED) is 0.575. The number of rotatable bonds is 9. The van der Waals surface area contributed by atoms with Crippen LogP contribution in [0.3, 0.4) is 0 Å². The minimum Gasteiger partial charge on any atom is -0.480 e. The largest absolute Gasteiger partial charge is 0.480 e. The Morgan fingerprint density at radius 3 is 2.15 bits per heavy atom. The number of carboxylic acids is 1. The Bertz CT molecular complexity index is 778. The summed E-state index contributed by atoms with van der Waals surface area (Å²) < 4.78 is 0. The van der Waals surface area contributed by atoms with Gasteiger partial charge in [-0.2, -0.15) is 0 Å². The van der Waals surface area contributed by atoms with E-state index < -0.39 is 17.9 Å². The third kappa shape index (κ3) is 6.75. The summed E-state index contributed by atoms with van der Waals surface area (Å²) >= 11 is 5.78. The molecular formula is C20H21ClN2O4. The van der Waals surface area contributed by atoms with E-state index >= 15 is 0 Å². The van der Waals surface area contributed by atoms with Crippen molar-refractivity contribution in [3.63, 3.8) is 0 Å². The van der Waals surface area contributed by atoms with Gasteiger partial charge in [-0.25, -0.2) is 4.79 Å². The number of carbonyl (C=O) groups is 3. The van der Waals surface area contributed by atoms with Gasteiger partial charge in [-0.05, 0) is 55.7 Å². The molecule has 6 nitrogen and oxygen atoms in total. The van der Waals surface area contributed by atoms with Crippen LogP contribution in [0.2, 0.25) is 5.02 Å². The molecule has 0 saturated carbocycles. The second-order valence-electron chi connectivity index (χ2n) is 5.99. The summed E-state index contributed by atoms with van der Waals surface area (Å²) in [6.07, 6.45) is 1.43. The molecule has 2 aromatic rings. The lowest BCUT2D eigenvalue weighted by Gasteiger charge is -2.14. The van der Waals surface area contributed by atoms with E-state index in [9.17, 15) is 19.5 Å². The lowest BCUT2D eigenvalue weighted by molar-refractivity contribution is -0.139. The number of benzene rings is 2. The van der Waals surface area contributed by atoms with E-state index in [0.29, 0.717) is 35.5 Å². The maximum absolute atomic E-state index is 12.1. The van der Waals surface area contributed by atoms with Crippen molar-refractivity contribution in [1.29, 1.82) is 0 Å². The minimum atomic E-state index is -1.09. The topological polar surface area (TPSA) is 95.5 Å². The average molecular weight is 389 g/mol. The van der Waals surface area contributed by atoms with Crippen LogP contribution in [-0.4, -0.2) is 35.5 Å². The molecule has 0 unspecified atom stereocenters. The maximum atomic E-state index is 12.1.